The Balaban J connectivity index is 3.64. The number of carbonyl (C=O) groups is 1. The van der Waals surface area contributed by atoms with Gasteiger partial charge < -0.3 is 11.1 Å². The van der Waals surface area contributed by atoms with Crippen LogP contribution in [0.4, 0.5) is 13.2 Å². The summed E-state index contributed by atoms with van der Waals surface area (Å²) in [5.74, 6) is -0.692. The number of carbonyl (C=O) groups excluding carboxylic acids is 1. The van der Waals surface area contributed by atoms with Gasteiger partial charge in [-0.3, -0.25) is 4.79 Å². The second kappa shape index (κ2) is 3.56. The molecule has 0 rings (SSSR count). The largest absolute Gasteiger partial charge is 0.405 e. The summed E-state index contributed by atoms with van der Waals surface area (Å²) in [4.78, 5) is 10.5. The summed E-state index contributed by atoms with van der Waals surface area (Å²) in [5.41, 5.74) is 3.26. The lowest BCUT2D eigenvalue weighted by Gasteiger charge is -2.07. The molecule has 0 aromatic carbocycles. The van der Waals surface area contributed by atoms with Crippen LogP contribution in [0.25, 0.3) is 0 Å². The molecule has 0 heterocycles. The molecular weight excluding hydrogens is 161 g/mol. The van der Waals surface area contributed by atoms with Crippen LogP contribution >= 0.6 is 0 Å². The Kier molecular flexibility index (Phi) is 3.31. The summed E-state index contributed by atoms with van der Waals surface area (Å²) < 4.78 is 34.3. The maximum atomic E-state index is 11.4. The van der Waals surface area contributed by atoms with E-state index in [1.54, 1.807) is 5.32 Å². The summed E-state index contributed by atoms with van der Waals surface area (Å²) in [6, 6.07) is -0.655. The van der Waals surface area contributed by atoms with Crippen molar-refractivity contribution in [1.82, 2.24) is 5.32 Å². The van der Waals surface area contributed by atoms with Gasteiger partial charge in [-0.05, 0) is 6.92 Å². The molecule has 0 aromatic heterocycles. The van der Waals surface area contributed by atoms with E-state index in [0.717, 1.165) is 0 Å². The van der Waals surface area contributed by atoms with Crippen molar-refractivity contribution in [2.24, 2.45) is 0 Å². The van der Waals surface area contributed by atoms with Gasteiger partial charge >= 0.3 is 6.18 Å². The fraction of sp³-hybridized carbons (Fsp3) is 0.800. The molecule has 0 radical (unpaired) electrons. The Bertz CT molecular complexity index is 143. The van der Waals surface area contributed by atoms with Crippen LogP contribution in [0.3, 0.4) is 0 Å². The van der Waals surface area contributed by atoms with E-state index in [9.17, 15) is 18.0 Å². The lowest BCUT2D eigenvalue weighted by atomic mass is 10.3. The first-order valence-electron chi connectivity index (χ1n) is 3.00. The molecule has 1 amide bonds. The highest BCUT2D eigenvalue weighted by molar-refractivity contribution is 5.79. The Labute approximate surface area is 61.7 Å². The maximum Gasteiger partial charge on any atom is 0.405 e. The lowest BCUT2D eigenvalue weighted by Crippen LogP contribution is -2.66. The standard InChI is InChI=1S/C5H9F3N2O/c1-3(9)4(11)10-2-5(6,7)8/h3H,2,9H2,1H3,(H,10,11)/p+1/t3-/m1/s1. The zero-order valence-corrected chi connectivity index (χ0v) is 6.03. The topological polar surface area (TPSA) is 56.7 Å². The molecule has 11 heavy (non-hydrogen) atoms. The maximum absolute atomic E-state index is 11.4. The van der Waals surface area contributed by atoms with Crippen LogP contribution in [0.15, 0.2) is 0 Å². The number of amides is 1. The van der Waals surface area contributed by atoms with Crippen molar-refractivity contribution in [2.45, 2.75) is 19.1 Å². The van der Waals surface area contributed by atoms with Gasteiger partial charge in [0.25, 0.3) is 5.91 Å². The Hall–Kier alpha value is -0.780. The van der Waals surface area contributed by atoms with Gasteiger partial charge in [0.2, 0.25) is 0 Å². The van der Waals surface area contributed by atoms with Crippen LogP contribution in [-0.4, -0.2) is 24.7 Å². The van der Waals surface area contributed by atoms with Gasteiger partial charge in [0.1, 0.15) is 6.54 Å². The highest BCUT2D eigenvalue weighted by atomic mass is 19.4. The number of rotatable bonds is 2. The molecule has 1 atom stereocenters. The van der Waals surface area contributed by atoms with Crippen molar-refractivity contribution in [1.29, 1.82) is 0 Å². The van der Waals surface area contributed by atoms with Crippen LogP contribution < -0.4 is 11.1 Å². The fourth-order valence-electron chi connectivity index (χ4n) is 0.362. The van der Waals surface area contributed by atoms with E-state index >= 15 is 0 Å². The molecule has 0 spiro atoms. The Morgan fingerprint density at radius 2 is 2.09 bits per heavy atom. The van der Waals surface area contributed by atoms with Gasteiger partial charge in [-0.2, -0.15) is 13.2 Å². The van der Waals surface area contributed by atoms with Crippen molar-refractivity contribution in [3.05, 3.63) is 0 Å². The zero-order valence-electron chi connectivity index (χ0n) is 6.03. The quantitative estimate of drug-likeness (QED) is 0.566. The predicted molar refractivity (Wildman–Crippen MR) is 31.4 cm³/mol. The average molecular weight is 171 g/mol. The fourth-order valence-corrected chi connectivity index (χ4v) is 0.362. The van der Waals surface area contributed by atoms with E-state index in [1.165, 1.54) is 6.92 Å². The molecule has 6 heteroatoms. The molecule has 0 saturated heterocycles. The molecule has 0 aliphatic rings. The average Bonchev–Trinajstić information content (AvgIpc) is 1.80. The van der Waals surface area contributed by atoms with Gasteiger partial charge in [-0.1, -0.05) is 0 Å². The van der Waals surface area contributed by atoms with E-state index in [4.69, 9.17) is 0 Å². The van der Waals surface area contributed by atoms with Crippen LogP contribution in [0.1, 0.15) is 6.92 Å². The second-order valence-electron chi connectivity index (χ2n) is 2.23. The van der Waals surface area contributed by atoms with Gasteiger partial charge in [0.05, 0.1) is 0 Å². The van der Waals surface area contributed by atoms with Crippen molar-refractivity contribution >= 4 is 5.91 Å². The summed E-state index contributed by atoms with van der Waals surface area (Å²) in [6.07, 6.45) is -4.34. The molecule has 0 bridgehead atoms. The van der Waals surface area contributed by atoms with Gasteiger partial charge in [-0.15, -0.1) is 0 Å². The number of halogens is 3. The molecule has 66 valence electrons. The lowest BCUT2D eigenvalue weighted by molar-refractivity contribution is -0.398. The summed E-state index contributed by atoms with van der Waals surface area (Å²) in [6.45, 7) is 0.136. The Morgan fingerprint density at radius 3 is 2.36 bits per heavy atom. The number of hydrogen-bond acceptors (Lipinski definition) is 1. The van der Waals surface area contributed by atoms with Crippen molar-refractivity contribution < 1.29 is 23.7 Å². The third-order valence-corrected chi connectivity index (χ3v) is 0.911. The zero-order chi connectivity index (χ0) is 9.07. The highest BCUT2D eigenvalue weighted by Gasteiger charge is 2.28. The molecular formula is C5H10F3N2O+. The van der Waals surface area contributed by atoms with Gasteiger partial charge in [0, 0.05) is 0 Å². The molecule has 0 aliphatic heterocycles. The number of nitrogens with one attached hydrogen (secondary N) is 1. The Morgan fingerprint density at radius 1 is 1.64 bits per heavy atom. The second-order valence-corrected chi connectivity index (χ2v) is 2.23. The normalized spacial score (nSPS) is 14.3. The van der Waals surface area contributed by atoms with E-state index in [0.29, 0.717) is 0 Å². The van der Waals surface area contributed by atoms with E-state index in [1.807, 2.05) is 0 Å². The molecule has 4 N–H and O–H groups in total. The monoisotopic (exact) mass is 171 g/mol. The van der Waals surface area contributed by atoms with E-state index in [-0.39, 0.29) is 0 Å². The van der Waals surface area contributed by atoms with Gasteiger partial charge in [0.15, 0.2) is 6.04 Å². The van der Waals surface area contributed by atoms with Gasteiger partial charge in [-0.25, -0.2) is 0 Å². The summed E-state index contributed by atoms with van der Waals surface area (Å²) in [7, 11) is 0. The van der Waals surface area contributed by atoms with Crippen LogP contribution in [0, 0.1) is 0 Å². The van der Waals surface area contributed by atoms with Crippen molar-refractivity contribution in [3.63, 3.8) is 0 Å². The smallest absolute Gasteiger partial charge is 0.348 e. The van der Waals surface area contributed by atoms with Crippen molar-refractivity contribution in [2.75, 3.05) is 6.54 Å². The van der Waals surface area contributed by atoms with Crippen LogP contribution in [0.5, 0.6) is 0 Å². The third kappa shape index (κ3) is 5.65. The minimum atomic E-state index is -4.34. The number of quaternary nitrogens is 1. The molecule has 0 aliphatic carbocycles. The predicted octanol–water partition coefficient (Wildman–Crippen LogP) is -0.705. The third-order valence-electron chi connectivity index (χ3n) is 0.911. The number of alkyl halides is 3. The van der Waals surface area contributed by atoms with Crippen molar-refractivity contribution in [3.8, 4) is 0 Å². The first-order valence-corrected chi connectivity index (χ1v) is 3.00. The van der Waals surface area contributed by atoms with Crippen LogP contribution in [-0.2, 0) is 4.79 Å². The van der Waals surface area contributed by atoms with Crippen LogP contribution in [0.2, 0.25) is 0 Å². The SMILES string of the molecule is C[C@@H]([NH3+])C(=O)NCC(F)(F)F. The minimum Gasteiger partial charge on any atom is -0.348 e. The summed E-state index contributed by atoms with van der Waals surface area (Å²) >= 11 is 0. The number of hydrogen-bond donors (Lipinski definition) is 2. The minimum absolute atomic E-state index is 0.655. The highest BCUT2D eigenvalue weighted by Crippen LogP contribution is 2.11. The summed E-state index contributed by atoms with van der Waals surface area (Å²) in [5, 5.41) is 1.70. The first kappa shape index (κ1) is 10.2. The molecule has 0 saturated carbocycles. The van der Waals surface area contributed by atoms with E-state index in [2.05, 4.69) is 5.73 Å². The molecule has 0 aromatic rings. The molecule has 3 nitrogen and oxygen atoms in total. The molecule has 0 unspecified atom stereocenters. The molecule has 0 fully saturated rings. The first-order chi connectivity index (χ1) is 4.83. The van der Waals surface area contributed by atoms with E-state index < -0.39 is 24.7 Å².